The van der Waals surface area contributed by atoms with Gasteiger partial charge in [0.25, 0.3) is 0 Å². The number of carbonyl (C=O) groups excluding carboxylic acids is 1. The number of nitrogens with zero attached hydrogens (tertiary/aromatic N) is 1. The maximum absolute atomic E-state index is 12.1. The van der Waals surface area contributed by atoms with Crippen LogP contribution in [0.3, 0.4) is 0 Å². The summed E-state index contributed by atoms with van der Waals surface area (Å²) in [6.45, 7) is 11.6. The number of esters is 1. The molecule has 0 bridgehead atoms. The fourth-order valence-corrected chi connectivity index (χ4v) is 2.72. The summed E-state index contributed by atoms with van der Waals surface area (Å²) >= 11 is 0. The Morgan fingerprint density at radius 2 is 1.76 bits per heavy atom. The van der Waals surface area contributed by atoms with E-state index in [4.69, 9.17) is 4.74 Å². The van der Waals surface area contributed by atoms with Gasteiger partial charge in [-0.25, -0.2) is 4.79 Å². The van der Waals surface area contributed by atoms with Crippen LogP contribution in [0.25, 0.3) is 0 Å². The number of rotatable bonds is 4. The third-order valence-electron chi connectivity index (χ3n) is 4.01. The molecule has 1 aromatic rings. The molecular weight excluding hydrogens is 262 g/mol. The third kappa shape index (κ3) is 4.57. The number of hydrogen-bond acceptors (Lipinski definition) is 3. The Bertz CT molecular complexity index is 467. The van der Waals surface area contributed by atoms with Crippen molar-refractivity contribution >= 4 is 5.97 Å². The molecule has 1 fully saturated rings. The van der Waals surface area contributed by atoms with Gasteiger partial charge >= 0.3 is 5.97 Å². The van der Waals surface area contributed by atoms with E-state index < -0.39 is 0 Å². The Morgan fingerprint density at radius 1 is 1.19 bits per heavy atom. The van der Waals surface area contributed by atoms with E-state index in [1.165, 1.54) is 18.4 Å². The molecule has 1 unspecified atom stereocenters. The molecule has 1 saturated heterocycles. The van der Waals surface area contributed by atoms with Gasteiger partial charge in [-0.2, -0.15) is 0 Å². The lowest BCUT2D eigenvalue weighted by Gasteiger charge is -2.21. The van der Waals surface area contributed by atoms with Crippen molar-refractivity contribution in [1.82, 2.24) is 4.90 Å². The Kier molecular flexibility index (Phi) is 5.04. The number of carbonyl (C=O) groups is 1. The predicted octanol–water partition coefficient (Wildman–Crippen LogP) is 3.63. The van der Waals surface area contributed by atoms with Crippen LogP contribution in [0.4, 0.5) is 0 Å². The molecule has 3 heteroatoms. The quantitative estimate of drug-likeness (QED) is 0.793. The van der Waals surface area contributed by atoms with Crippen LogP contribution in [0.5, 0.6) is 0 Å². The Morgan fingerprint density at radius 3 is 2.29 bits per heavy atom. The largest absolute Gasteiger partial charge is 0.458 e. The van der Waals surface area contributed by atoms with E-state index in [1.54, 1.807) is 0 Å². The van der Waals surface area contributed by atoms with E-state index in [9.17, 15) is 4.79 Å². The second-order valence-electron chi connectivity index (χ2n) is 7.05. The van der Waals surface area contributed by atoms with Gasteiger partial charge in [0.15, 0.2) is 0 Å². The zero-order valence-corrected chi connectivity index (χ0v) is 13.7. The smallest absolute Gasteiger partial charge is 0.338 e. The maximum atomic E-state index is 12.1. The Labute approximate surface area is 128 Å². The lowest BCUT2D eigenvalue weighted by molar-refractivity contribution is 0.0271. The monoisotopic (exact) mass is 289 g/mol. The summed E-state index contributed by atoms with van der Waals surface area (Å²) < 4.78 is 5.54. The van der Waals surface area contributed by atoms with E-state index in [0.717, 1.165) is 19.6 Å². The average molecular weight is 289 g/mol. The summed E-state index contributed by atoms with van der Waals surface area (Å²) in [6, 6.07) is 7.76. The summed E-state index contributed by atoms with van der Waals surface area (Å²) in [5, 5.41) is 0. The number of likely N-dealkylation sites (tertiary alicyclic amines) is 1. The first-order valence-electron chi connectivity index (χ1n) is 7.90. The Balaban J connectivity index is 1.90. The second-order valence-corrected chi connectivity index (χ2v) is 7.05. The van der Waals surface area contributed by atoms with Crippen molar-refractivity contribution < 1.29 is 9.53 Å². The van der Waals surface area contributed by atoms with Gasteiger partial charge in [0.2, 0.25) is 0 Å². The van der Waals surface area contributed by atoms with Gasteiger partial charge < -0.3 is 4.74 Å². The van der Waals surface area contributed by atoms with Crippen molar-refractivity contribution in [3.8, 4) is 0 Å². The van der Waals surface area contributed by atoms with Crippen molar-refractivity contribution in [3.63, 3.8) is 0 Å². The lowest BCUT2D eigenvalue weighted by Crippen LogP contribution is -2.31. The maximum Gasteiger partial charge on any atom is 0.338 e. The van der Waals surface area contributed by atoms with Gasteiger partial charge in [-0.1, -0.05) is 32.9 Å². The molecule has 0 N–H and O–H groups in total. The molecule has 1 aromatic carbocycles. The van der Waals surface area contributed by atoms with Crippen LogP contribution >= 0.6 is 0 Å². The van der Waals surface area contributed by atoms with Gasteiger partial charge in [0.05, 0.1) is 5.56 Å². The molecule has 21 heavy (non-hydrogen) atoms. The molecule has 0 aromatic heterocycles. The summed E-state index contributed by atoms with van der Waals surface area (Å²) in [6.07, 6.45) is 2.46. The second kappa shape index (κ2) is 6.61. The first-order chi connectivity index (χ1) is 9.86. The molecule has 0 aliphatic carbocycles. The van der Waals surface area contributed by atoms with E-state index in [0.29, 0.717) is 5.56 Å². The van der Waals surface area contributed by atoms with Crippen LogP contribution in [-0.2, 0) is 10.2 Å². The highest BCUT2D eigenvalue weighted by Gasteiger charge is 2.19. The van der Waals surface area contributed by atoms with Crippen LogP contribution in [0, 0.1) is 0 Å². The number of ether oxygens (including phenoxy) is 1. The van der Waals surface area contributed by atoms with Crippen molar-refractivity contribution in [2.45, 2.75) is 52.1 Å². The van der Waals surface area contributed by atoms with Crippen molar-refractivity contribution in [1.29, 1.82) is 0 Å². The topological polar surface area (TPSA) is 29.5 Å². The average Bonchev–Trinajstić information content (AvgIpc) is 2.90. The normalized spacial score (nSPS) is 17.7. The number of hydrogen-bond donors (Lipinski definition) is 0. The fraction of sp³-hybridized carbons (Fsp3) is 0.611. The minimum absolute atomic E-state index is 0.0575. The highest BCUT2D eigenvalue weighted by Crippen LogP contribution is 2.22. The van der Waals surface area contributed by atoms with Crippen molar-refractivity contribution in [2.24, 2.45) is 0 Å². The predicted molar refractivity (Wildman–Crippen MR) is 85.7 cm³/mol. The van der Waals surface area contributed by atoms with Crippen LogP contribution in [0.15, 0.2) is 24.3 Å². The van der Waals surface area contributed by atoms with Gasteiger partial charge in [-0.15, -0.1) is 0 Å². The lowest BCUT2D eigenvalue weighted by atomic mass is 9.87. The van der Waals surface area contributed by atoms with Gasteiger partial charge in [0.1, 0.15) is 6.10 Å². The van der Waals surface area contributed by atoms with Crippen LogP contribution in [0.1, 0.15) is 56.5 Å². The number of benzene rings is 1. The minimum Gasteiger partial charge on any atom is -0.458 e. The molecule has 1 atom stereocenters. The molecule has 0 saturated carbocycles. The molecule has 0 spiro atoms. The van der Waals surface area contributed by atoms with Crippen molar-refractivity contribution in [2.75, 3.05) is 19.6 Å². The summed E-state index contributed by atoms with van der Waals surface area (Å²) in [5.41, 5.74) is 1.96. The molecule has 116 valence electrons. The van der Waals surface area contributed by atoms with E-state index in [-0.39, 0.29) is 17.5 Å². The van der Waals surface area contributed by atoms with Crippen LogP contribution in [-0.4, -0.2) is 36.6 Å². The summed E-state index contributed by atoms with van der Waals surface area (Å²) in [5.74, 6) is -0.220. The molecular formula is C18H27NO2. The zero-order valence-electron chi connectivity index (χ0n) is 13.7. The fourth-order valence-electron chi connectivity index (χ4n) is 2.72. The molecule has 3 nitrogen and oxygen atoms in total. The van der Waals surface area contributed by atoms with Gasteiger partial charge in [0, 0.05) is 6.54 Å². The van der Waals surface area contributed by atoms with Crippen molar-refractivity contribution in [3.05, 3.63) is 35.4 Å². The first-order valence-corrected chi connectivity index (χ1v) is 7.90. The van der Waals surface area contributed by atoms with Gasteiger partial charge in [-0.05, 0) is 56.0 Å². The first kappa shape index (κ1) is 16.0. The minimum atomic E-state index is -0.220. The molecule has 1 heterocycles. The van der Waals surface area contributed by atoms with E-state index in [2.05, 4.69) is 25.7 Å². The summed E-state index contributed by atoms with van der Waals surface area (Å²) in [7, 11) is 0. The van der Waals surface area contributed by atoms with E-state index in [1.807, 2.05) is 31.2 Å². The highest BCUT2D eigenvalue weighted by molar-refractivity contribution is 5.89. The standard InChI is InChI=1S/C18H27NO2/c1-14(13-19-11-5-6-12-19)21-17(20)15-7-9-16(10-8-15)18(2,3)4/h7-10,14H,5-6,11-13H2,1-4H3. The van der Waals surface area contributed by atoms with Crippen LogP contribution in [0.2, 0.25) is 0 Å². The summed E-state index contributed by atoms with van der Waals surface area (Å²) in [4.78, 5) is 14.5. The molecule has 1 aliphatic heterocycles. The van der Waals surface area contributed by atoms with E-state index >= 15 is 0 Å². The SMILES string of the molecule is CC(CN1CCCC1)OC(=O)c1ccc(C(C)(C)C)cc1. The molecule has 2 rings (SSSR count). The van der Waals surface area contributed by atoms with Crippen LogP contribution < -0.4 is 0 Å². The van der Waals surface area contributed by atoms with Gasteiger partial charge in [-0.3, -0.25) is 4.90 Å². The molecule has 1 aliphatic rings. The highest BCUT2D eigenvalue weighted by atomic mass is 16.5. The zero-order chi connectivity index (χ0) is 15.5. The Hall–Kier alpha value is -1.35. The third-order valence-corrected chi connectivity index (χ3v) is 4.01. The molecule has 0 radical (unpaired) electrons. The molecule has 0 amide bonds.